The summed E-state index contributed by atoms with van der Waals surface area (Å²) < 4.78 is 36.7. The van der Waals surface area contributed by atoms with Crippen LogP contribution in [0.2, 0.25) is 0 Å². The molecule has 0 saturated heterocycles. The van der Waals surface area contributed by atoms with Crippen molar-refractivity contribution in [2.45, 2.75) is 26.2 Å². The van der Waals surface area contributed by atoms with E-state index in [4.69, 9.17) is 23.2 Å². The maximum atomic E-state index is 13.8. The number of hydrogen-bond acceptors (Lipinski definition) is 7. The lowest BCUT2D eigenvalue weighted by Gasteiger charge is -2.16. The van der Waals surface area contributed by atoms with Gasteiger partial charge in [-0.05, 0) is 49.1 Å². The first kappa shape index (κ1) is 26.7. The number of benzene rings is 3. The number of nitrogens with zero attached hydrogens (tertiary/aromatic N) is 1. The molecule has 1 heterocycles. The van der Waals surface area contributed by atoms with Crippen molar-refractivity contribution in [2.24, 2.45) is 0 Å². The zero-order chi connectivity index (χ0) is 26.1. The van der Waals surface area contributed by atoms with E-state index >= 15 is 0 Å². The summed E-state index contributed by atoms with van der Waals surface area (Å²) in [5.41, 5.74) is 3.31. The molecule has 0 aliphatic heterocycles. The minimum absolute atomic E-state index is 0.165. The summed E-state index contributed by atoms with van der Waals surface area (Å²) in [6.45, 7) is 4.52. The molecule has 1 N–H and O–H groups in total. The van der Waals surface area contributed by atoms with E-state index in [2.05, 4.69) is 5.32 Å². The Morgan fingerprint density at radius 3 is 1.95 bits per heavy atom. The lowest BCUT2D eigenvalue weighted by atomic mass is 9.91. The number of ether oxygens (including phenoxy) is 1. The van der Waals surface area contributed by atoms with Crippen LogP contribution in [0.4, 0.5) is 5.88 Å². The molecule has 0 aliphatic rings. The summed E-state index contributed by atoms with van der Waals surface area (Å²) in [6.07, 6.45) is 0.716. The lowest BCUT2D eigenvalue weighted by Crippen LogP contribution is -2.18. The number of methoxy groups -OCH3 is 1. The summed E-state index contributed by atoms with van der Waals surface area (Å²) >= 11 is 0. The van der Waals surface area contributed by atoms with Crippen LogP contribution in [-0.4, -0.2) is 31.9 Å². The fourth-order valence-corrected chi connectivity index (χ4v) is 5.73. The number of anilines is 1. The van der Waals surface area contributed by atoms with E-state index in [1.807, 2.05) is 84.9 Å². The van der Waals surface area contributed by atoms with Crippen molar-refractivity contribution in [3.63, 3.8) is 0 Å². The quantitative estimate of drug-likeness (QED) is 0.204. The second-order valence-corrected chi connectivity index (χ2v) is 10.3. The summed E-state index contributed by atoms with van der Waals surface area (Å²) in [5, 5.41) is 3.30. The number of hydrogen-bond donors (Lipinski definition) is 1. The van der Waals surface area contributed by atoms with Crippen molar-refractivity contribution in [1.82, 2.24) is 4.98 Å². The van der Waals surface area contributed by atoms with E-state index in [0.29, 0.717) is 24.7 Å². The third-order valence-corrected chi connectivity index (χ3v) is 7.87. The smallest absolute Gasteiger partial charge is 0.385 e. The van der Waals surface area contributed by atoms with Gasteiger partial charge < -0.3 is 23.5 Å². The standard InChI is InChI=1S/C29H33N2O5P/c1-4-34-37(32,35-5-2)29-28(30-21-20-22-16-18-25(33-3)19-17-22)36-27(31-29)26(23-12-8-6-9-13-23)24-14-10-7-11-15-24/h6-19,26,30H,4-5,20-21H2,1-3H3. The van der Waals surface area contributed by atoms with Crippen LogP contribution in [0.5, 0.6) is 5.75 Å². The zero-order valence-electron chi connectivity index (χ0n) is 21.4. The topological polar surface area (TPSA) is 82.8 Å². The molecule has 0 atom stereocenters. The lowest BCUT2D eigenvalue weighted by molar-refractivity contribution is 0.229. The maximum absolute atomic E-state index is 13.8. The van der Waals surface area contributed by atoms with Crippen LogP contribution in [-0.2, 0) is 20.0 Å². The molecular formula is C29H33N2O5P. The first-order valence-electron chi connectivity index (χ1n) is 12.4. The van der Waals surface area contributed by atoms with E-state index in [9.17, 15) is 4.57 Å². The summed E-state index contributed by atoms with van der Waals surface area (Å²) in [5.74, 6) is 1.22. The van der Waals surface area contributed by atoms with Gasteiger partial charge in [0.15, 0.2) is 0 Å². The van der Waals surface area contributed by atoms with E-state index < -0.39 is 7.60 Å². The Balaban J connectivity index is 1.71. The second kappa shape index (κ2) is 12.7. The van der Waals surface area contributed by atoms with Crippen molar-refractivity contribution >= 4 is 18.9 Å². The molecule has 0 radical (unpaired) electrons. The molecule has 8 heteroatoms. The Hall–Kier alpha value is -3.38. The van der Waals surface area contributed by atoms with E-state index in [1.54, 1.807) is 21.0 Å². The first-order chi connectivity index (χ1) is 18.1. The number of rotatable bonds is 13. The number of nitrogens with one attached hydrogen (secondary N) is 1. The average molecular weight is 521 g/mol. The molecule has 0 amide bonds. The Morgan fingerprint density at radius 1 is 0.865 bits per heavy atom. The summed E-state index contributed by atoms with van der Waals surface area (Å²) in [7, 11) is -2.07. The molecule has 37 heavy (non-hydrogen) atoms. The molecule has 0 bridgehead atoms. The van der Waals surface area contributed by atoms with Gasteiger partial charge in [-0.15, -0.1) is 0 Å². The van der Waals surface area contributed by atoms with Crippen LogP contribution in [0.15, 0.2) is 89.3 Å². The van der Waals surface area contributed by atoms with Gasteiger partial charge in [-0.1, -0.05) is 72.8 Å². The predicted molar refractivity (Wildman–Crippen MR) is 146 cm³/mol. The average Bonchev–Trinajstić information content (AvgIpc) is 3.35. The molecule has 0 unspecified atom stereocenters. The third-order valence-electron chi connectivity index (χ3n) is 5.85. The van der Waals surface area contributed by atoms with Gasteiger partial charge in [0, 0.05) is 6.54 Å². The Kier molecular flexibility index (Phi) is 9.18. The van der Waals surface area contributed by atoms with Gasteiger partial charge in [0.25, 0.3) is 0 Å². The molecule has 0 saturated carbocycles. The van der Waals surface area contributed by atoms with Crippen LogP contribution in [0.25, 0.3) is 0 Å². The van der Waals surface area contributed by atoms with Crippen LogP contribution in [0.3, 0.4) is 0 Å². The van der Waals surface area contributed by atoms with Gasteiger partial charge in [-0.25, -0.2) is 4.98 Å². The van der Waals surface area contributed by atoms with E-state index in [1.165, 1.54) is 0 Å². The second-order valence-electron chi connectivity index (χ2n) is 8.32. The first-order valence-corrected chi connectivity index (χ1v) is 14.0. The highest BCUT2D eigenvalue weighted by atomic mass is 31.2. The van der Waals surface area contributed by atoms with Crippen molar-refractivity contribution in [3.05, 3.63) is 108 Å². The highest BCUT2D eigenvalue weighted by Crippen LogP contribution is 2.49. The van der Waals surface area contributed by atoms with Gasteiger partial charge in [-0.2, -0.15) is 0 Å². The van der Waals surface area contributed by atoms with E-state index in [-0.39, 0.29) is 24.6 Å². The van der Waals surface area contributed by atoms with Gasteiger partial charge in [0.2, 0.25) is 17.2 Å². The highest BCUT2D eigenvalue weighted by molar-refractivity contribution is 7.62. The Labute approximate surface area is 218 Å². The predicted octanol–water partition coefficient (Wildman–Crippen LogP) is 6.41. The molecule has 1 aromatic heterocycles. The van der Waals surface area contributed by atoms with Crippen LogP contribution < -0.4 is 15.5 Å². The van der Waals surface area contributed by atoms with E-state index in [0.717, 1.165) is 22.4 Å². The SMILES string of the molecule is CCOP(=O)(OCC)c1nc(C(c2ccccc2)c2ccccc2)oc1NCCc1ccc(OC)cc1. The van der Waals surface area contributed by atoms with Crippen molar-refractivity contribution in [2.75, 3.05) is 32.2 Å². The minimum atomic E-state index is -3.72. The third kappa shape index (κ3) is 6.50. The Morgan fingerprint density at radius 2 is 1.43 bits per heavy atom. The van der Waals surface area contributed by atoms with Gasteiger partial charge in [0.1, 0.15) is 5.75 Å². The van der Waals surface area contributed by atoms with Gasteiger partial charge >= 0.3 is 7.60 Å². The summed E-state index contributed by atoms with van der Waals surface area (Å²) in [6, 6.07) is 27.9. The van der Waals surface area contributed by atoms with Crippen molar-refractivity contribution < 1.29 is 22.8 Å². The van der Waals surface area contributed by atoms with Crippen LogP contribution in [0, 0.1) is 0 Å². The van der Waals surface area contributed by atoms with Crippen molar-refractivity contribution in [1.29, 1.82) is 0 Å². The molecule has 3 aromatic carbocycles. The molecule has 194 valence electrons. The largest absolute Gasteiger partial charge is 0.497 e. The van der Waals surface area contributed by atoms with Gasteiger partial charge in [-0.3, -0.25) is 4.57 Å². The Bertz CT molecular complexity index is 1240. The molecule has 0 spiro atoms. The normalized spacial score (nSPS) is 11.6. The van der Waals surface area contributed by atoms with Gasteiger partial charge in [0.05, 0.1) is 26.2 Å². The van der Waals surface area contributed by atoms with Crippen LogP contribution in [0.1, 0.15) is 42.3 Å². The molecule has 4 rings (SSSR count). The fourth-order valence-electron chi connectivity index (χ4n) is 4.13. The molecule has 0 fully saturated rings. The molecule has 4 aromatic rings. The fraction of sp³-hybridized carbons (Fsp3) is 0.276. The maximum Gasteiger partial charge on any atom is 0.385 e. The summed E-state index contributed by atoms with van der Waals surface area (Å²) in [4.78, 5) is 4.76. The minimum Gasteiger partial charge on any atom is -0.497 e. The van der Waals surface area contributed by atoms with Crippen molar-refractivity contribution in [3.8, 4) is 5.75 Å². The monoisotopic (exact) mass is 520 g/mol. The van der Waals surface area contributed by atoms with Crippen LogP contribution >= 0.6 is 7.60 Å². The molecular weight excluding hydrogens is 487 g/mol. The highest BCUT2D eigenvalue weighted by Gasteiger charge is 2.37. The molecule has 0 aliphatic carbocycles. The number of oxazole rings is 1. The molecule has 7 nitrogen and oxygen atoms in total. The zero-order valence-corrected chi connectivity index (χ0v) is 22.3. The number of aromatic nitrogens is 1.